The van der Waals surface area contributed by atoms with Gasteiger partial charge in [0.05, 0.1) is 6.10 Å². The van der Waals surface area contributed by atoms with Crippen LogP contribution in [0.5, 0.6) is 0 Å². The average molecular weight is 247 g/mol. The van der Waals surface area contributed by atoms with Crippen LogP contribution in [0.2, 0.25) is 5.02 Å². The first kappa shape index (κ1) is 13.4. The minimum Gasteiger partial charge on any atom is -0.393 e. The topological polar surface area (TPSA) is 29.5 Å². The molecule has 0 amide bonds. The second-order valence-corrected chi connectivity index (χ2v) is 4.02. The summed E-state index contributed by atoms with van der Waals surface area (Å²) in [5, 5.41) is 10.0. The van der Waals surface area contributed by atoms with Crippen LogP contribution in [0, 0.1) is 5.82 Å². The number of benzene rings is 1. The van der Waals surface area contributed by atoms with Gasteiger partial charge in [-0.25, -0.2) is 4.39 Å². The molecule has 4 heteroatoms. The Labute approximate surface area is 100.0 Å². The fourth-order valence-electron chi connectivity index (χ4n) is 1.41. The van der Waals surface area contributed by atoms with Crippen LogP contribution in [0.25, 0.3) is 0 Å². The van der Waals surface area contributed by atoms with Crippen molar-refractivity contribution in [3.05, 3.63) is 34.6 Å². The first-order valence-corrected chi connectivity index (χ1v) is 5.71. The lowest BCUT2D eigenvalue weighted by molar-refractivity contribution is 0.0883. The fraction of sp³-hybridized carbons (Fsp3) is 0.500. The van der Waals surface area contributed by atoms with Crippen molar-refractivity contribution in [2.75, 3.05) is 13.2 Å². The Morgan fingerprint density at radius 1 is 1.50 bits per heavy atom. The summed E-state index contributed by atoms with van der Waals surface area (Å²) in [5.74, 6) is -0.372. The summed E-state index contributed by atoms with van der Waals surface area (Å²) < 4.78 is 18.5. The van der Waals surface area contributed by atoms with Gasteiger partial charge >= 0.3 is 0 Å². The molecule has 1 atom stereocenters. The fourth-order valence-corrected chi connectivity index (χ4v) is 1.57. The standard InChI is InChI=1S/C12H16ClFO2/c1-2-16-6-5-11(15)7-9-3-4-10(13)8-12(9)14/h3-4,8,11,15H,2,5-7H2,1H3. The number of aliphatic hydroxyl groups excluding tert-OH is 1. The molecule has 1 aromatic carbocycles. The van der Waals surface area contributed by atoms with Crippen LogP contribution in [-0.4, -0.2) is 24.4 Å². The third kappa shape index (κ3) is 4.47. The molecule has 0 spiro atoms. The minimum absolute atomic E-state index is 0.288. The molecule has 90 valence electrons. The van der Waals surface area contributed by atoms with Crippen LogP contribution in [0.3, 0.4) is 0 Å². The second kappa shape index (κ2) is 6.84. The van der Waals surface area contributed by atoms with E-state index in [2.05, 4.69) is 0 Å². The van der Waals surface area contributed by atoms with E-state index in [1.54, 1.807) is 12.1 Å². The van der Waals surface area contributed by atoms with Crippen LogP contribution < -0.4 is 0 Å². The zero-order valence-corrected chi connectivity index (χ0v) is 10.0. The molecule has 0 aliphatic heterocycles. The molecule has 1 unspecified atom stereocenters. The Bertz CT molecular complexity index is 331. The Kier molecular flexibility index (Phi) is 5.74. The van der Waals surface area contributed by atoms with Gasteiger partial charge in [0, 0.05) is 24.7 Å². The summed E-state index contributed by atoms with van der Waals surface area (Å²) >= 11 is 5.63. The van der Waals surface area contributed by atoms with E-state index in [0.717, 1.165) is 0 Å². The molecule has 0 bridgehead atoms. The van der Waals surface area contributed by atoms with Crippen molar-refractivity contribution in [2.45, 2.75) is 25.9 Å². The molecule has 0 radical (unpaired) electrons. The molecule has 0 saturated heterocycles. The molecule has 0 saturated carbocycles. The molecule has 1 rings (SSSR count). The van der Waals surface area contributed by atoms with E-state index in [-0.39, 0.29) is 12.2 Å². The number of aliphatic hydroxyl groups is 1. The van der Waals surface area contributed by atoms with Crippen molar-refractivity contribution in [3.8, 4) is 0 Å². The molecule has 0 heterocycles. The van der Waals surface area contributed by atoms with Crippen LogP contribution in [0.1, 0.15) is 18.9 Å². The van der Waals surface area contributed by atoms with Crippen molar-refractivity contribution >= 4 is 11.6 Å². The van der Waals surface area contributed by atoms with Crippen molar-refractivity contribution in [1.29, 1.82) is 0 Å². The highest BCUT2D eigenvalue weighted by Gasteiger charge is 2.09. The Hall–Kier alpha value is -0.640. The van der Waals surface area contributed by atoms with Crippen LogP contribution in [-0.2, 0) is 11.2 Å². The molecule has 16 heavy (non-hydrogen) atoms. The van der Waals surface area contributed by atoms with E-state index in [1.165, 1.54) is 6.07 Å². The van der Waals surface area contributed by atoms with Gasteiger partial charge in [0.25, 0.3) is 0 Å². The predicted molar refractivity (Wildman–Crippen MR) is 62.2 cm³/mol. The van der Waals surface area contributed by atoms with Gasteiger partial charge < -0.3 is 9.84 Å². The van der Waals surface area contributed by atoms with Gasteiger partial charge in [-0.05, 0) is 31.0 Å². The Morgan fingerprint density at radius 2 is 2.25 bits per heavy atom. The van der Waals surface area contributed by atoms with E-state index >= 15 is 0 Å². The van der Waals surface area contributed by atoms with E-state index in [9.17, 15) is 9.50 Å². The molecule has 1 N–H and O–H groups in total. The number of hydrogen-bond donors (Lipinski definition) is 1. The lowest BCUT2D eigenvalue weighted by Gasteiger charge is -2.11. The van der Waals surface area contributed by atoms with E-state index < -0.39 is 6.10 Å². The SMILES string of the molecule is CCOCCC(O)Cc1ccc(Cl)cc1F. The first-order chi connectivity index (χ1) is 7.63. The zero-order valence-electron chi connectivity index (χ0n) is 9.25. The van der Waals surface area contributed by atoms with Gasteiger partial charge in [0.2, 0.25) is 0 Å². The predicted octanol–water partition coefficient (Wildman–Crippen LogP) is 2.81. The summed E-state index contributed by atoms with van der Waals surface area (Å²) in [4.78, 5) is 0. The van der Waals surface area contributed by atoms with Crippen molar-refractivity contribution < 1.29 is 14.2 Å². The summed E-state index contributed by atoms with van der Waals surface area (Å²) in [5.41, 5.74) is 0.480. The third-order valence-corrected chi connectivity index (χ3v) is 2.51. The second-order valence-electron chi connectivity index (χ2n) is 3.58. The Balaban J connectivity index is 2.46. The monoisotopic (exact) mass is 246 g/mol. The molecule has 0 aromatic heterocycles. The molecule has 0 aliphatic rings. The highest BCUT2D eigenvalue weighted by atomic mass is 35.5. The number of rotatable bonds is 6. The van der Waals surface area contributed by atoms with E-state index in [0.29, 0.717) is 30.2 Å². The molecule has 2 nitrogen and oxygen atoms in total. The Morgan fingerprint density at radius 3 is 2.88 bits per heavy atom. The highest BCUT2D eigenvalue weighted by Crippen LogP contribution is 2.16. The molecule has 0 fully saturated rings. The maximum atomic E-state index is 13.4. The van der Waals surface area contributed by atoms with Crippen LogP contribution in [0.15, 0.2) is 18.2 Å². The molecular weight excluding hydrogens is 231 g/mol. The maximum Gasteiger partial charge on any atom is 0.127 e. The summed E-state index contributed by atoms with van der Waals surface area (Å²) in [6.07, 6.45) is 0.216. The van der Waals surface area contributed by atoms with Crippen molar-refractivity contribution in [2.24, 2.45) is 0 Å². The molecule has 1 aromatic rings. The number of halogens is 2. The maximum absolute atomic E-state index is 13.4. The lowest BCUT2D eigenvalue weighted by Crippen LogP contribution is -2.14. The quantitative estimate of drug-likeness (QED) is 0.783. The van der Waals surface area contributed by atoms with Gasteiger partial charge in [0.1, 0.15) is 5.82 Å². The van der Waals surface area contributed by atoms with E-state index in [4.69, 9.17) is 16.3 Å². The van der Waals surface area contributed by atoms with Gasteiger partial charge in [-0.2, -0.15) is 0 Å². The van der Waals surface area contributed by atoms with Gasteiger partial charge in [-0.3, -0.25) is 0 Å². The molecular formula is C12H16ClFO2. The average Bonchev–Trinajstić information content (AvgIpc) is 2.23. The van der Waals surface area contributed by atoms with Gasteiger partial charge in [-0.1, -0.05) is 17.7 Å². The van der Waals surface area contributed by atoms with Gasteiger partial charge in [0.15, 0.2) is 0 Å². The van der Waals surface area contributed by atoms with Gasteiger partial charge in [-0.15, -0.1) is 0 Å². The largest absolute Gasteiger partial charge is 0.393 e. The number of ether oxygens (including phenoxy) is 1. The third-order valence-electron chi connectivity index (χ3n) is 2.27. The highest BCUT2D eigenvalue weighted by molar-refractivity contribution is 6.30. The minimum atomic E-state index is -0.581. The summed E-state index contributed by atoms with van der Waals surface area (Å²) in [6, 6.07) is 4.48. The normalized spacial score (nSPS) is 12.8. The molecule has 0 aliphatic carbocycles. The smallest absolute Gasteiger partial charge is 0.127 e. The van der Waals surface area contributed by atoms with Crippen molar-refractivity contribution in [1.82, 2.24) is 0 Å². The van der Waals surface area contributed by atoms with Crippen LogP contribution in [0.4, 0.5) is 4.39 Å². The lowest BCUT2D eigenvalue weighted by atomic mass is 10.1. The number of hydrogen-bond acceptors (Lipinski definition) is 2. The summed E-state index contributed by atoms with van der Waals surface area (Å²) in [6.45, 7) is 3.01. The zero-order chi connectivity index (χ0) is 12.0. The first-order valence-electron chi connectivity index (χ1n) is 5.33. The van der Waals surface area contributed by atoms with Crippen molar-refractivity contribution in [3.63, 3.8) is 0 Å². The summed E-state index contributed by atoms with van der Waals surface area (Å²) in [7, 11) is 0. The van der Waals surface area contributed by atoms with Crippen LogP contribution >= 0.6 is 11.6 Å². The van der Waals surface area contributed by atoms with E-state index in [1.807, 2.05) is 6.92 Å².